The fraction of sp³-hybridized carbons (Fsp3) is 0.400. The molecule has 1 aromatic heterocycles. The van der Waals surface area contributed by atoms with Crippen molar-refractivity contribution in [2.75, 3.05) is 7.11 Å². The van der Waals surface area contributed by atoms with Crippen LogP contribution in [0.2, 0.25) is 5.02 Å². The van der Waals surface area contributed by atoms with Crippen LogP contribution in [0, 0.1) is 5.82 Å². The first-order valence-electron chi connectivity index (χ1n) is 6.68. The minimum Gasteiger partial charge on any atom is -0.378 e. The Labute approximate surface area is 133 Å². The molecule has 0 saturated carbocycles. The van der Waals surface area contributed by atoms with Crippen LogP contribution in [-0.4, -0.2) is 18.1 Å². The summed E-state index contributed by atoms with van der Waals surface area (Å²) in [7, 11) is 1.62. The molecule has 6 heteroatoms. The van der Waals surface area contributed by atoms with E-state index in [1.807, 2.05) is 0 Å². The summed E-state index contributed by atoms with van der Waals surface area (Å²) < 4.78 is 19.3. The number of ether oxygens (including phenoxy) is 1. The van der Waals surface area contributed by atoms with Gasteiger partial charge in [-0.1, -0.05) is 31.5 Å². The van der Waals surface area contributed by atoms with Gasteiger partial charge in [-0.05, 0) is 12.1 Å². The molecule has 2 aromatic rings. The van der Waals surface area contributed by atoms with Gasteiger partial charge in [0.15, 0.2) is 5.82 Å². The maximum atomic E-state index is 14.1. The zero-order valence-electron chi connectivity index (χ0n) is 12.2. The maximum Gasteiger partial charge on any atom is 0.152 e. The summed E-state index contributed by atoms with van der Waals surface area (Å²) in [6, 6.07) is 5.32. The van der Waals surface area contributed by atoms with Crippen molar-refractivity contribution in [3.8, 4) is 10.6 Å². The highest BCUT2D eigenvalue weighted by Crippen LogP contribution is 2.32. The number of rotatable bonds is 6. The number of aromatic nitrogens is 1. The largest absolute Gasteiger partial charge is 0.378 e. The predicted octanol–water partition coefficient (Wildman–Crippen LogP) is 4.25. The molecule has 3 nitrogen and oxygen atoms in total. The summed E-state index contributed by atoms with van der Waals surface area (Å²) in [5, 5.41) is 4.08. The normalized spacial score (nSPS) is 11.3. The van der Waals surface area contributed by atoms with Gasteiger partial charge in [0.25, 0.3) is 0 Å². The first kappa shape index (κ1) is 16.4. The molecule has 0 aliphatic heterocycles. The molecule has 0 radical (unpaired) electrons. The summed E-state index contributed by atoms with van der Waals surface area (Å²) in [6.45, 7) is 5.26. The zero-order chi connectivity index (χ0) is 15.4. The van der Waals surface area contributed by atoms with Crippen LogP contribution in [0.5, 0.6) is 0 Å². The van der Waals surface area contributed by atoms with Gasteiger partial charge in [0.1, 0.15) is 5.01 Å². The molecule has 0 spiro atoms. The van der Waals surface area contributed by atoms with Gasteiger partial charge in [0.05, 0.1) is 17.3 Å². The van der Waals surface area contributed by atoms with Gasteiger partial charge in [0, 0.05) is 30.1 Å². The standard InChI is InChI=1S/C15H18ClFN2OS/c1-9(2)18-7-13-12(8-20-3)19-15(21-13)10-5-4-6-11(16)14(10)17/h4-6,9,18H,7-8H2,1-3H3. The number of nitrogens with zero attached hydrogens (tertiary/aromatic N) is 1. The Bertz CT molecular complexity index is 616. The van der Waals surface area contributed by atoms with E-state index in [-0.39, 0.29) is 5.02 Å². The molecule has 114 valence electrons. The Hall–Kier alpha value is -1.01. The molecular weight excluding hydrogens is 311 g/mol. The lowest BCUT2D eigenvalue weighted by Crippen LogP contribution is -2.21. The third-order valence-electron chi connectivity index (χ3n) is 2.91. The van der Waals surface area contributed by atoms with E-state index in [1.165, 1.54) is 17.4 Å². The van der Waals surface area contributed by atoms with Gasteiger partial charge in [0.2, 0.25) is 0 Å². The molecule has 0 unspecified atom stereocenters. The Kier molecular flexibility index (Phi) is 5.70. The lowest BCUT2D eigenvalue weighted by atomic mass is 10.2. The van der Waals surface area contributed by atoms with E-state index in [2.05, 4.69) is 24.1 Å². The van der Waals surface area contributed by atoms with Crippen molar-refractivity contribution in [1.82, 2.24) is 10.3 Å². The molecular formula is C15H18ClFN2OS. The van der Waals surface area contributed by atoms with Gasteiger partial charge in [-0.15, -0.1) is 11.3 Å². The zero-order valence-corrected chi connectivity index (χ0v) is 13.8. The second kappa shape index (κ2) is 7.31. The summed E-state index contributed by atoms with van der Waals surface area (Å²) >= 11 is 7.30. The predicted molar refractivity (Wildman–Crippen MR) is 85.2 cm³/mol. The number of benzene rings is 1. The minimum atomic E-state index is -0.430. The van der Waals surface area contributed by atoms with E-state index >= 15 is 0 Å². The highest BCUT2D eigenvalue weighted by Gasteiger charge is 2.16. The lowest BCUT2D eigenvalue weighted by molar-refractivity contribution is 0.181. The van der Waals surface area contributed by atoms with Gasteiger partial charge < -0.3 is 10.1 Å². The van der Waals surface area contributed by atoms with Crippen molar-refractivity contribution in [3.63, 3.8) is 0 Å². The molecule has 1 N–H and O–H groups in total. The number of halogens is 2. The van der Waals surface area contributed by atoms with Crippen molar-refractivity contribution >= 4 is 22.9 Å². The SMILES string of the molecule is COCc1nc(-c2cccc(Cl)c2F)sc1CNC(C)C. The number of methoxy groups -OCH3 is 1. The average Bonchev–Trinajstić information content (AvgIpc) is 2.83. The molecule has 0 aliphatic rings. The molecule has 1 aromatic carbocycles. The van der Waals surface area contributed by atoms with E-state index in [4.69, 9.17) is 16.3 Å². The van der Waals surface area contributed by atoms with Crippen molar-refractivity contribution in [2.45, 2.75) is 33.0 Å². The Morgan fingerprint density at radius 3 is 2.86 bits per heavy atom. The molecule has 2 rings (SSSR count). The Morgan fingerprint density at radius 2 is 2.19 bits per heavy atom. The molecule has 0 amide bonds. The molecule has 1 heterocycles. The van der Waals surface area contributed by atoms with Gasteiger partial charge in [-0.2, -0.15) is 0 Å². The first-order valence-corrected chi connectivity index (χ1v) is 7.87. The van der Waals surface area contributed by atoms with Crippen molar-refractivity contribution in [2.24, 2.45) is 0 Å². The van der Waals surface area contributed by atoms with Crippen LogP contribution >= 0.6 is 22.9 Å². The minimum absolute atomic E-state index is 0.109. The van der Waals surface area contributed by atoms with Crippen LogP contribution in [0.1, 0.15) is 24.4 Å². The second-order valence-electron chi connectivity index (χ2n) is 4.96. The van der Waals surface area contributed by atoms with E-state index in [9.17, 15) is 4.39 Å². The van der Waals surface area contributed by atoms with E-state index in [0.717, 1.165) is 10.6 Å². The van der Waals surface area contributed by atoms with E-state index < -0.39 is 5.82 Å². The summed E-state index contributed by atoms with van der Waals surface area (Å²) in [5.41, 5.74) is 1.27. The Morgan fingerprint density at radius 1 is 1.43 bits per heavy atom. The first-order chi connectivity index (χ1) is 10.0. The van der Waals surface area contributed by atoms with E-state index in [1.54, 1.807) is 19.2 Å². The lowest BCUT2D eigenvalue weighted by Gasteiger charge is -2.07. The molecule has 0 bridgehead atoms. The smallest absolute Gasteiger partial charge is 0.152 e. The molecule has 0 fully saturated rings. The van der Waals surface area contributed by atoms with Gasteiger partial charge in [-0.3, -0.25) is 0 Å². The summed E-state index contributed by atoms with van der Waals surface area (Å²) in [4.78, 5) is 5.56. The van der Waals surface area contributed by atoms with E-state index in [0.29, 0.717) is 29.8 Å². The molecule has 0 saturated heterocycles. The maximum absolute atomic E-state index is 14.1. The quantitative estimate of drug-likeness (QED) is 0.861. The Balaban J connectivity index is 2.36. The average molecular weight is 329 g/mol. The highest BCUT2D eigenvalue weighted by molar-refractivity contribution is 7.15. The highest BCUT2D eigenvalue weighted by atomic mass is 35.5. The second-order valence-corrected chi connectivity index (χ2v) is 6.45. The van der Waals surface area contributed by atoms with Crippen LogP contribution in [0.15, 0.2) is 18.2 Å². The van der Waals surface area contributed by atoms with Crippen LogP contribution in [-0.2, 0) is 17.9 Å². The van der Waals surface area contributed by atoms with Gasteiger partial charge >= 0.3 is 0 Å². The van der Waals surface area contributed by atoms with Crippen LogP contribution in [0.4, 0.5) is 4.39 Å². The molecule has 0 atom stereocenters. The van der Waals surface area contributed by atoms with Crippen molar-refractivity contribution < 1.29 is 9.13 Å². The molecule has 21 heavy (non-hydrogen) atoms. The number of hydrogen-bond acceptors (Lipinski definition) is 4. The van der Waals surface area contributed by atoms with Crippen LogP contribution < -0.4 is 5.32 Å². The monoisotopic (exact) mass is 328 g/mol. The number of nitrogens with one attached hydrogen (secondary N) is 1. The van der Waals surface area contributed by atoms with Crippen molar-refractivity contribution in [1.29, 1.82) is 0 Å². The van der Waals surface area contributed by atoms with Gasteiger partial charge in [-0.25, -0.2) is 9.37 Å². The fourth-order valence-electron chi connectivity index (χ4n) is 1.85. The third kappa shape index (κ3) is 4.01. The third-order valence-corrected chi connectivity index (χ3v) is 4.33. The number of hydrogen-bond donors (Lipinski definition) is 1. The van der Waals surface area contributed by atoms with Crippen molar-refractivity contribution in [3.05, 3.63) is 39.6 Å². The van der Waals surface area contributed by atoms with Crippen LogP contribution in [0.3, 0.4) is 0 Å². The topological polar surface area (TPSA) is 34.1 Å². The van der Waals surface area contributed by atoms with Crippen LogP contribution in [0.25, 0.3) is 10.6 Å². The summed E-state index contributed by atoms with van der Waals surface area (Å²) in [5.74, 6) is -0.430. The fourth-order valence-corrected chi connectivity index (χ4v) is 3.06. The molecule has 0 aliphatic carbocycles. The summed E-state index contributed by atoms with van der Waals surface area (Å²) in [6.07, 6.45) is 0. The number of thiazole rings is 1.